The first-order valence-electron chi connectivity index (χ1n) is 40.1. The van der Waals surface area contributed by atoms with Gasteiger partial charge in [-0.05, 0) is 252 Å². The van der Waals surface area contributed by atoms with Crippen molar-refractivity contribution in [2.45, 2.75) is 296 Å². The zero-order chi connectivity index (χ0) is 69.0. The zero-order valence-electron chi connectivity index (χ0n) is 67.2. The van der Waals surface area contributed by atoms with Crippen molar-refractivity contribution in [1.29, 1.82) is 0 Å². The van der Waals surface area contributed by atoms with E-state index in [0.29, 0.717) is 10.8 Å². The van der Waals surface area contributed by atoms with E-state index in [9.17, 15) is 0 Å². The molecule has 2 aliphatic carbocycles. The van der Waals surface area contributed by atoms with Gasteiger partial charge in [-0.2, -0.15) is 0 Å². The molecule has 93 heavy (non-hydrogen) atoms. The predicted molar refractivity (Wildman–Crippen MR) is 408 cm³/mol. The summed E-state index contributed by atoms with van der Waals surface area (Å²) < 4.78 is 0. The molecule has 13 aliphatic rings. The minimum Gasteiger partial charge on any atom is -0.316 e. The quantitative estimate of drug-likeness (QED) is 0.164. The molecule has 0 radical (unpaired) electrons. The molecule has 11 saturated heterocycles. The number of likely N-dealkylation sites (N-methyl/N-ethyl adjacent to an activating group) is 1. The van der Waals surface area contributed by atoms with Gasteiger partial charge >= 0.3 is 0 Å². The second kappa shape index (κ2) is 39.6. The van der Waals surface area contributed by atoms with E-state index in [1.807, 2.05) is 0 Å². The third-order valence-corrected chi connectivity index (χ3v) is 24.7. The summed E-state index contributed by atoms with van der Waals surface area (Å²) in [6.07, 6.45) is 20.4. The SMILES string of the molecule is CC(C)N1CC(CN(C)C)C1.CC(C)N1CC(N(C)C)C1.CC(C)N1CC2(CCC2)C1.CC(C)N1CC2(CCCCC2)C1.CC(C)N1CC2(CCCNC2)C1.CC(C)N1CC2(CCNC2)C1.CC1CN(C(C)C)C1.CCC1CN(C(C)C)C1.CCCC1CN(C(C)C)C1. The highest BCUT2D eigenvalue weighted by Crippen LogP contribution is 2.49. The first-order chi connectivity index (χ1) is 43.7. The summed E-state index contributed by atoms with van der Waals surface area (Å²) in [6.45, 7) is 78.2. The Labute approximate surface area is 581 Å². The molecule has 4 spiro atoms. The van der Waals surface area contributed by atoms with Gasteiger partial charge in [0, 0.05) is 209 Å². The fraction of sp³-hybridized carbons (Fsp3) is 1.00. The van der Waals surface area contributed by atoms with Gasteiger partial charge in [0.05, 0.1) is 0 Å². The van der Waals surface area contributed by atoms with Crippen LogP contribution in [0, 0.1) is 45.3 Å². The lowest BCUT2D eigenvalue weighted by Crippen LogP contribution is -2.63. The van der Waals surface area contributed by atoms with Gasteiger partial charge in [-0.3, -0.25) is 24.5 Å². The number of hydrogen-bond donors (Lipinski definition) is 2. The molecule has 550 valence electrons. The summed E-state index contributed by atoms with van der Waals surface area (Å²) in [6, 6.07) is 7.65. The largest absolute Gasteiger partial charge is 0.316 e. The highest BCUT2D eigenvalue weighted by Gasteiger charge is 2.49. The molecule has 0 aromatic heterocycles. The third-order valence-electron chi connectivity index (χ3n) is 24.7. The Balaban J connectivity index is 0.000000190. The number of rotatable bonds is 15. The van der Waals surface area contributed by atoms with Crippen LogP contribution in [0.4, 0.5) is 0 Å². The summed E-state index contributed by atoms with van der Waals surface area (Å²) in [5.74, 6) is 3.91. The van der Waals surface area contributed by atoms with Crippen molar-refractivity contribution < 1.29 is 0 Å². The van der Waals surface area contributed by atoms with Crippen LogP contribution in [-0.2, 0) is 0 Å². The van der Waals surface area contributed by atoms with Gasteiger partial charge in [0.2, 0.25) is 0 Å². The molecule has 0 aromatic carbocycles. The molecular formula is C80H165N13. The molecule has 0 amide bonds. The third kappa shape index (κ3) is 26.7. The Morgan fingerprint density at radius 1 is 0.344 bits per heavy atom. The van der Waals surface area contributed by atoms with Crippen LogP contribution in [0.2, 0.25) is 0 Å². The number of piperidine rings is 1. The molecule has 2 saturated carbocycles. The topological polar surface area (TPSA) is 59.7 Å². The van der Waals surface area contributed by atoms with Crippen molar-refractivity contribution in [2.75, 3.05) is 179 Å². The van der Waals surface area contributed by atoms with Crippen LogP contribution in [0.1, 0.15) is 235 Å². The predicted octanol–water partition coefficient (Wildman–Crippen LogP) is 13.1. The highest BCUT2D eigenvalue weighted by atomic mass is 15.3. The maximum atomic E-state index is 3.51. The maximum absolute atomic E-state index is 3.51. The van der Waals surface area contributed by atoms with E-state index in [4.69, 9.17) is 0 Å². The fourth-order valence-corrected chi connectivity index (χ4v) is 16.7. The second-order valence-electron chi connectivity index (χ2n) is 36.6. The van der Waals surface area contributed by atoms with Crippen LogP contribution in [0.25, 0.3) is 0 Å². The number of hydrogen-bond acceptors (Lipinski definition) is 13. The molecular weight excluding hydrogens is 1140 g/mol. The monoisotopic (exact) mass is 1310 g/mol. The Bertz CT molecular complexity index is 1850. The lowest BCUT2D eigenvalue weighted by Gasteiger charge is -2.57. The summed E-state index contributed by atoms with van der Waals surface area (Å²) in [7, 11) is 8.61. The van der Waals surface area contributed by atoms with Crippen molar-refractivity contribution in [3.05, 3.63) is 0 Å². The van der Waals surface area contributed by atoms with E-state index in [1.54, 1.807) is 0 Å². The van der Waals surface area contributed by atoms with Crippen LogP contribution in [0.3, 0.4) is 0 Å². The van der Waals surface area contributed by atoms with Gasteiger partial charge in [-0.15, -0.1) is 0 Å². The van der Waals surface area contributed by atoms with Gasteiger partial charge in [-0.25, -0.2) is 0 Å². The molecule has 13 nitrogen and oxygen atoms in total. The van der Waals surface area contributed by atoms with Crippen molar-refractivity contribution in [1.82, 2.24) is 64.5 Å². The minimum atomic E-state index is 0.669. The van der Waals surface area contributed by atoms with Crippen LogP contribution in [0.5, 0.6) is 0 Å². The molecule has 0 bridgehead atoms. The first-order valence-corrected chi connectivity index (χ1v) is 40.1. The maximum Gasteiger partial charge on any atom is 0.0344 e. The standard InChI is InChI=1S/C11H21N.C10H20N2.C9H18N2.C9H20N2.C9H17N.C9H19N.C8H18N2.C8H17N.C7H15N/c1-10(2)12-8-11(9-12)6-4-3-5-7-11;1-9(2)12-7-10(8-12)4-3-5-11-6-10;1-8(2)11-6-9(7-11)3-4-10-5-9;1-8(2)11-6-9(7-11)5-10(3)4;1-8(2)10-6-9(7-10)4-3-5-9;1-4-5-9-6-10(7-9)8(2)3;1-7(2)10-5-8(6-10)9(3)4;1-4-8-5-9(6-8)7(2)3;1-6(2)8-4-7(3)5-8/h10H,3-9H2,1-2H3;9,11H,3-8H2,1-2H3;8,10H,3-7H2,1-2H3;8-9H,5-7H2,1-4H3;8H,3-7H2,1-2H3;8-9H,4-7H2,1-3H3;7-8H,5-6H2,1-4H3;7-8H,4-6H2,1-3H3;6-7H,4-5H2,1-3H3. The van der Waals surface area contributed by atoms with Gasteiger partial charge in [0.1, 0.15) is 0 Å². The number of likely N-dealkylation sites (tertiary alicyclic amines) is 9. The molecule has 11 aliphatic heterocycles. The van der Waals surface area contributed by atoms with Crippen LogP contribution in [-0.4, -0.2) is 293 Å². The lowest BCUT2D eigenvalue weighted by molar-refractivity contribution is -0.0758. The Morgan fingerprint density at radius 2 is 0.667 bits per heavy atom. The average Bonchev–Trinajstić information content (AvgIpc) is 1.01. The van der Waals surface area contributed by atoms with Gasteiger partial charge in [-0.1, -0.05) is 59.3 Å². The van der Waals surface area contributed by atoms with Gasteiger partial charge < -0.3 is 40.0 Å². The second-order valence-corrected chi connectivity index (χ2v) is 36.6. The lowest BCUT2D eigenvalue weighted by atomic mass is 9.63. The van der Waals surface area contributed by atoms with Crippen molar-refractivity contribution in [3.8, 4) is 0 Å². The average molecular weight is 1310 g/mol. The summed E-state index contributed by atoms with van der Waals surface area (Å²) >= 11 is 0. The van der Waals surface area contributed by atoms with E-state index < -0.39 is 0 Å². The van der Waals surface area contributed by atoms with Gasteiger partial charge in [0.15, 0.2) is 0 Å². The van der Waals surface area contributed by atoms with E-state index in [-0.39, 0.29) is 0 Å². The minimum absolute atomic E-state index is 0.669. The Morgan fingerprint density at radius 3 is 0.957 bits per heavy atom. The highest BCUT2D eigenvalue weighted by molar-refractivity contribution is 5.03. The summed E-state index contributed by atoms with van der Waals surface area (Å²) in [5, 5.41) is 6.96. The van der Waals surface area contributed by atoms with Gasteiger partial charge in [0.25, 0.3) is 0 Å². The first kappa shape index (κ1) is 83.1. The van der Waals surface area contributed by atoms with Crippen molar-refractivity contribution in [2.24, 2.45) is 45.3 Å². The Kier molecular flexibility index (Phi) is 35.4. The normalized spacial score (nSPS) is 25.8. The van der Waals surface area contributed by atoms with Crippen molar-refractivity contribution in [3.63, 3.8) is 0 Å². The summed E-state index contributed by atoms with van der Waals surface area (Å²) in [4.78, 5) is 27.5. The molecule has 11 heterocycles. The Hall–Kier alpha value is -0.520. The van der Waals surface area contributed by atoms with E-state index >= 15 is 0 Å². The number of nitrogens with one attached hydrogen (secondary N) is 2. The molecule has 2 N–H and O–H groups in total. The van der Waals surface area contributed by atoms with E-state index in [1.165, 1.54) is 240 Å². The molecule has 13 heteroatoms. The van der Waals surface area contributed by atoms with E-state index in [0.717, 1.165) is 94.9 Å². The zero-order valence-corrected chi connectivity index (χ0v) is 67.2. The fourth-order valence-electron chi connectivity index (χ4n) is 16.7. The number of nitrogens with zero attached hydrogens (tertiary/aromatic N) is 11. The molecule has 0 atom stereocenters. The molecule has 0 unspecified atom stereocenters. The molecule has 0 aromatic rings. The molecule has 13 fully saturated rings. The van der Waals surface area contributed by atoms with Crippen LogP contribution >= 0.6 is 0 Å². The van der Waals surface area contributed by atoms with Crippen LogP contribution < -0.4 is 10.6 Å². The summed E-state index contributed by atoms with van der Waals surface area (Å²) in [5.41, 5.74) is 2.96. The molecule has 13 rings (SSSR count). The van der Waals surface area contributed by atoms with Crippen molar-refractivity contribution >= 4 is 0 Å². The van der Waals surface area contributed by atoms with Crippen LogP contribution in [0.15, 0.2) is 0 Å². The smallest absolute Gasteiger partial charge is 0.0344 e. The van der Waals surface area contributed by atoms with E-state index in [2.05, 4.69) is 238 Å².